The maximum Gasteiger partial charge on any atom is 0.186 e. The highest BCUT2D eigenvalue weighted by atomic mass is 16.1. The third kappa shape index (κ3) is 2.70. The first-order valence-electron chi connectivity index (χ1n) is 8.84. The monoisotopic (exact) mass is 327 g/mol. The molecule has 1 aliphatic heterocycles. The first kappa shape index (κ1) is 15.6. The summed E-state index contributed by atoms with van der Waals surface area (Å²) in [6.45, 7) is 3.82. The number of hydrogen-bond donors (Lipinski definition) is 2. The predicted molar refractivity (Wildman–Crippen MR) is 93.7 cm³/mol. The molecule has 2 aromatic rings. The van der Waals surface area contributed by atoms with E-state index in [1.807, 2.05) is 19.3 Å². The summed E-state index contributed by atoms with van der Waals surface area (Å²) in [5.41, 5.74) is 2.96. The molecule has 24 heavy (non-hydrogen) atoms. The highest BCUT2D eigenvalue weighted by molar-refractivity contribution is 5.53. The number of aromatic amines is 1. The van der Waals surface area contributed by atoms with Gasteiger partial charge < -0.3 is 10.3 Å². The van der Waals surface area contributed by atoms with E-state index in [0.717, 1.165) is 43.1 Å². The third-order valence-corrected chi connectivity index (χ3v) is 5.67. The largest absolute Gasteiger partial charge is 0.359 e. The van der Waals surface area contributed by atoms with Crippen LogP contribution < -0.4 is 10.7 Å². The number of aromatic nitrogens is 3. The quantitative estimate of drug-likeness (QED) is 0.896. The summed E-state index contributed by atoms with van der Waals surface area (Å²) in [5.74, 6) is 0. The van der Waals surface area contributed by atoms with E-state index in [2.05, 4.69) is 20.3 Å². The number of pyridine rings is 1. The molecule has 2 aliphatic rings. The Morgan fingerprint density at radius 3 is 2.88 bits per heavy atom. The fourth-order valence-corrected chi connectivity index (χ4v) is 4.27. The molecule has 0 unspecified atom stereocenters. The minimum Gasteiger partial charge on any atom is -0.359 e. The summed E-state index contributed by atoms with van der Waals surface area (Å²) in [4.78, 5) is 18.5. The van der Waals surface area contributed by atoms with Crippen molar-refractivity contribution in [3.63, 3.8) is 0 Å². The van der Waals surface area contributed by atoms with Gasteiger partial charge in [0.2, 0.25) is 0 Å². The molecule has 0 amide bonds. The SMILES string of the molecule is Cn1nccc1-c1cc(=O)c(CN2CCNCC23CCCC3)c[nH]1. The van der Waals surface area contributed by atoms with Gasteiger partial charge in [0.1, 0.15) is 0 Å². The third-order valence-electron chi connectivity index (χ3n) is 5.67. The molecule has 2 N–H and O–H groups in total. The lowest BCUT2D eigenvalue weighted by atomic mass is 9.92. The van der Waals surface area contributed by atoms with Crippen LogP contribution in [0.15, 0.2) is 29.3 Å². The number of rotatable bonds is 3. The Hall–Kier alpha value is -1.92. The Balaban J connectivity index is 1.58. The van der Waals surface area contributed by atoms with Crippen LogP contribution in [-0.4, -0.2) is 44.8 Å². The van der Waals surface area contributed by atoms with Crippen LogP contribution in [0.1, 0.15) is 31.2 Å². The molecular formula is C18H25N5O. The zero-order valence-corrected chi connectivity index (χ0v) is 14.2. The lowest BCUT2D eigenvalue weighted by Crippen LogP contribution is -2.59. The lowest BCUT2D eigenvalue weighted by molar-refractivity contribution is 0.0569. The first-order valence-corrected chi connectivity index (χ1v) is 8.84. The van der Waals surface area contributed by atoms with E-state index < -0.39 is 0 Å². The van der Waals surface area contributed by atoms with Gasteiger partial charge in [0.15, 0.2) is 5.43 Å². The van der Waals surface area contributed by atoms with Gasteiger partial charge in [-0.25, -0.2) is 0 Å². The lowest BCUT2D eigenvalue weighted by Gasteiger charge is -2.45. The van der Waals surface area contributed by atoms with Crippen molar-refractivity contribution in [2.75, 3.05) is 19.6 Å². The molecule has 1 saturated heterocycles. The number of hydrogen-bond acceptors (Lipinski definition) is 4. The van der Waals surface area contributed by atoms with Gasteiger partial charge in [-0.1, -0.05) is 12.8 Å². The van der Waals surface area contributed by atoms with Crippen LogP contribution in [0.4, 0.5) is 0 Å². The second-order valence-corrected chi connectivity index (χ2v) is 7.11. The van der Waals surface area contributed by atoms with Gasteiger partial charge >= 0.3 is 0 Å². The molecular weight excluding hydrogens is 302 g/mol. The van der Waals surface area contributed by atoms with Gasteiger partial charge in [-0.2, -0.15) is 5.10 Å². The van der Waals surface area contributed by atoms with Gasteiger partial charge in [0, 0.05) is 62.8 Å². The highest BCUT2D eigenvalue weighted by Gasteiger charge is 2.41. The number of piperazine rings is 1. The maximum absolute atomic E-state index is 12.6. The number of nitrogens with one attached hydrogen (secondary N) is 2. The van der Waals surface area contributed by atoms with Crippen molar-refractivity contribution < 1.29 is 0 Å². The van der Waals surface area contributed by atoms with Gasteiger partial charge in [-0.15, -0.1) is 0 Å². The molecule has 1 spiro atoms. The average Bonchev–Trinajstić information content (AvgIpc) is 3.21. The van der Waals surface area contributed by atoms with E-state index in [1.54, 1.807) is 16.9 Å². The summed E-state index contributed by atoms with van der Waals surface area (Å²) in [6.07, 6.45) is 8.71. The standard InChI is InChI=1S/C18H25N5O/c1-22-16(4-7-21-22)15-10-17(24)14(11-20-15)12-23-9-8-19-13-18(23)5-2-3-6-18/h4,7,10-11,19H,2-3,5-6,8-9,12-13H2,1H3,(H,20,24). The summed E-state index contributed by atoms with van der Waals surface area (Å²) in [6, 6.07) is 3.62. The molecule has 6 heteroatoms. The van der Waals surface area contributed by atoms with Crippen LogP contribution in [-0.2, 0) is 13.6 Å². The second-order valence-electron chi connectivity index (χ2n) is 7.11. The van der Waals surface area contributed by atoms with Crippen LogP contribution in [0.2, 0.25) is 0 Å². The number of aryl methyl sites for hydroxylation is 1. The minimum atomic E-state index is 0.108. The van der Waals surface area contributed by atoms with E-state index in [9.17, 15) is 4.79 Å². The molecule has 0 radical (unpaired) electrons. The van der Waals surface area contributed by atoms with Gasteiger partial charge in [0.05, 0.1) is 11.4 Å². The highest BCUT2D eigenvalue weighted by Crippen LogP contribution is 2.36. The fourth-order valence-electron chi connectivity index (χ4n) is 4.27. The first-order chi connectivity index (χ1) is 11.7. The summed E-state index contributed by atoms with van der Waals surface area (Å²) in [5, 5.41) is 7.71. The topological polar surface area (TPSA) is 66.0 Å². The van der Waals surface area contributed by atoms with E-state index >= 15 is 0 Å². The maximum atomic E-state index is 12.6. The Labute approximate surface area is 141 Å². The molecule has 4 rings (SSSR count). The number of nitrogens with zero attached hydrogens (tertiary/aromatic N) is 3. The predicted octanol–water partition coefficient (Wildman–Crippen LogP) is 1.49. The average molecular weight is 327 g/mol. The van der Waals surface area contributed by atoms with Crippen molar-refractivity contribution in [2.24, 2.45) is 7.05 Å². The Morgan fingerprint density at radius 1 is 1.33 bits per heavy atom. The fraction of sp³-hybridized carbons (Fsp3) is 0.556. The molecule has 0 atom stereocenters. The van der Waals surface area contributed by atoms with Crippen LogP contribution >= 0.6 is 0 Å². The van der Waals surface area contributed by atoms with Gasteiger partial charge in [0.25, 0.3) is 0 Å². The molecule has 0 aromatic carbocycles. The van der Waals surface area contributed by atoms with Gasteiger partial charge in [-0.05, 0) is 18.9 Å². The molecule has 128 valence electrons. The molecule has 3 heterocycles. The Bertz CT molecular complexity index is 772. The van der Waals surface area contributed by atoms with Crippen molar-refractivity contribution >= 4 is 0 Å². The summed E-state index contributed by atoms with van der Waals surface area (Å²) < 4.78 is 1.77. The van der Waals surface area contributed by atoms with Crippen LogP contribution in [0, 0.1) is 0 Å². The van der Waals surface area contributed by atoms with Crippen LogP contribution in [0.25, 0.3) is 11.4 Å². The molecule has 2 aromatic heterocycles. The zero-order chi connectivity index (χ0) is 16.6. The van der Waals surface area contributed by atoms with E-state index in [4.69, 9.17) is 0 Å². The Morgan fingerprint density at radius 2 is 2.17 bits per heavy atom. The molecule has 2 fully saturated rings. The van der Waals surface area contributed by atoms with Crippen LogP contribution in [0.5, 0.6) is 0 Å². The van der Waals surface area contributed by atoms with Crippen molar-refractivity contribution in [3.05, 3.63) is 40.3 Å². The molecule has 1 saturated carbocycles. The van der Waals surface area contributed by atoms with E-state index in [0.29, 0.717) is 0 Å². The van der Waals surface area contributed by atoms with Crippen molar-refractivity contribution in [3.8, 4) is 11.4 Å². The van der Waals surface area contributed by atoms with Crippen LogP contribution in [0.3, 0.4) is 0 Å². The van der Waals surface area contributed by atoms with Crippen molar-refractivity contribution in [2.45, 2.75) is 37.8 Å². The second kappa shape index (κ2) is 6.18. The van der Waals surface area contributed by atoms with Crippen molar-refractivity contribution in [1.29, 1.82) is 0 Å². The van der Waals surface area contributed by atoms with E-state index in [1.165, 1.54) is 25.7 Å². The van der Waals surface area contributed by atoms with Crippen molar-refractivity contribution in [1.82, 2.24) is 25.0 Å². The summed E-state index contributed by atoms with van der Waals surface area (Å²) in [7, 11) is 1.88. The zero-order valence-electron chi connectivity index (χ0n) is 14.2. The smallest absolute Gasteiger partial charge is 0.186 e. The molecule has 0 bridgehead atoms. The minimum absolute atomic E-state index is 0.108. The number of H-pyrrole nitrogens is 1. The normalized spacial score (nSPS) is 20.7. The molecule has 6 nitrogen and oxygen atoms in total. The van der Waals surface area contributed by atoms with Gasteiger partial charge in [-0.3, -0.25) is 14.4 Å². The van der Waals surface area contributed by atoms with E-state index in [-0.39, 0.29) is 11.0 Å². The summed E-state index contributed by atoms with van der Waals surface area (Å²) >= 11 is 0. The Kier molecular flexibility index (Phi) is 4.02. The molecule has 1 aliphatic carbocycles.